The monoisotopic (exact) mass is 196 g/mol. The zero-order valence-electron chi connectivity index (χ0n) is 9.03. The lowest BCUT2D eigenvalue weighted by molar-refractivity contribution is -0.155. The average molecular weight is 196 g/mol. The Bertz CT molecular complexity index is 306. The van der Waals surface area contributed by atoms with Gasteiger partial charge in [0, 0.05) is 18.8 Å². The molecule has 2 aliphatic rings. The number of esters is 1. The lowest BCUT2D eigenvalue weighted by atomic mass is 9.82. The molecule has 2 aliphatic carbocycles. The summed E-state index contributed by atoms with van der Waals surface area (Å²) >= 11 is 0. The van der Waals surface area contributed by atoms with Crippen LogP contribution in [-0.2, 0) is 14.3 Å². The van der Waals surface area contributed by atoms with Gasteiger partial charge in [-0.2, -0.15) is 0 Å². The fourth-order valence-electron chi connectivity index (χ4n) is 2.83. The Morgan fingerprint density at radius 3 is 2.43 bits per heavy atom. The number of fused-ring (bicyclic) bond motifs is 1. The molecule has 4 atom stereocenters. The van der Waals surface area contributed by atoms with Gasteiger partial charge in [-0.05, 0) is 19.8 Å². The molecule has 3 nitrogen and oxygen atoms in total. The van der Waals surface area contributed by atoms with E-state index in [1.807, 2.05) is 13.8 Å². The van der Waals surface area contributed by atoms with Gasteiger partial charge in [0.2, 0.25) is 0 Å². The zero-order chi connectivity index (χ0) is 10.7. The van der Waals surface area contributed by atoms with E-state index in [2.05, 4.69) is 6.92 Å². The van der Waals surface area contributed by atoms with Crippen molar-refractivity contribution in [2.24, 2.45) is 23.2 Å². The summed E-state index contributed by atoms with van der Waals surface area (Å²) in [5, 5.41) is 0. The van der Waals surface area contributed by atoms with Crippen LogP contribution >= 0.6 is 0 Å². The van der Waals surface area contributed by atoms with E-state index in [1.54, 1.807) is 0 Å². The van der Waals surface area contributed by atoms with Gasteiger partial charge >= 0.3 is 5.97 Å². The lowest BCUT2D eigenvalue weighted by Crippen LogP contribution is -2.37. The van der Waals surface area contributed by atoms with Crippen LogP contribution in [-0.4, -0.2) is 17.9 Å². The smallest absolute Gasteiger partial charge is 0.302 e. The van der Waals surface area contributed by atoms with Crippen molar-refractivity contribution in [1.82, 2.24) is 0 Å². The number of ether oxygens (including phenoxy) is 1. The highest BCUT2D eigenvalue weighted by Gasteiger charge is 2.69. The molecule has 0 saturated heterocycles. The Labute approximate surface area is 83.8 Å². The fraction of sp³-hybridized carbons (Fsp3) is 0.818. The zero-order valence-corrected chi connectivity index (χ0v) is 9.03. The van der Waals surface area contributed by atoms with Gasteiger partial charge in [-0.1, -0.05) is 6.92 Å². The predicted molar refractivity (Wildman–Crippen MR) is 50.5 cm³/mol. The number of carbonyl (C=O) groups is 2. The highest BCUT2D eigenvalue weighted by atomic mass is 16.5. The number of Topliss-reactive ketones (excluding diaryl/α,β-unsaturated/α-hetero) is 1. The van der Waals surface area contributed by atoms with Gasteiger partial charge in [-0.15, -0.1) is 0 Å². The minimum Gasteiger partial charge on any atom is -0.461 e. The Morgan fingerprint density at radius 1 is 1.43 bits per heavy atom. The largest absolute Gasteiger partial charge is 0.461 e. The molecule has 0 amide bonds. The van der Waals surface area contributed by atoms with Crippen LogP contribution in [0.15, 0.2) is 0 Å². The summed E-state index contributed by atoms with van der Waals surface area (Å²) in [5.41, 5.74) is -0.479. The van der Waals surface area contributed by atoms with Crippen LogP contribution in [0.1, 0.15) is 27.7 Å². The minimum absolute atomic E-state index is 0.148. The molecule has 0 unspecified atom stereocenters. The van der Waals surface area contributed by atoms with Crippen LogP contribution in [0, 0.1) is 23.2 Å². The predicted octanol–water partition coefficient (Wildman–Crippen LogP) is 1.41. The van der Waals surface area contributed by atoms with E-state index in [0.717, 1.165) is 0 Å². The molecule has 0 aromatic rings. The second-order valence-electron chi connectivity index (χ2n) is 5.08. The van der Waals surface area contributed by atoms with Crippen molar-refractivity contribution in [1.29, 1.82) is 0 Å². The number of rotatable bonds is 1. The summed E-state index contributed by atoms with van der Waals surface area (Å²) in [4.78, 5) is 22.8. The van der Waals surface area contributed by atoms with Crippen molar-refractivity contribution in [2.75, 3.05) is 0 Å². The van der Waals surface area contributed by atoms with Crippen molar-refractivity contribution < 1.29 is 14.3 Å². The van der Waals surface area contributed by atoms with Crippen LogP contribution < -0.4 is 0 Å². The summed E-state index contributed by atoms with van der Waals surface area (Å²) in [6.45, 7) is 7.21. The molecule has 0 spiro atoms. The summed E-state index contributed by atoms with van der Waals surface area (Å²) in [6.07, 6.45) is -0.201. The molecule has 14 heavy (non-hydrogen) atoms. The van der Waals surface area contributed by atoms with Gasteiger partial charge in [0.15, 0.2) is 0 Å². The first-order chi connectivity index (χ1) is 6.37. The molecular formula is C11H16O3. The quantitative estimate of drug-likeness (QED) is 0.595. The molecule has 0 aliphatic heterocycles. The van der Waals surface area contributed by atoms with Gasteiger partial charge in [-0.3, -0.25) is 9.59 Å². The van der Waals surface area contributed by atoms with Gasteiger partial charge in [0.25, 0.3) is 0 Å². The van der Waals surface area contributed by atoms with Crippen molar-refractivity contribution >= 4 is 11.8 Å². The Kier molecular flexibility index (Phi) is 1.79. The lowest BCUT2D eigenvalue weighted by Gasteiger charge is -2.28. The van der Waals surface area contributed by atoms with E-state index in [4.69, 9.17) is 4.74 Å². The average Bonchev–Trinajstić information content (AvgIpc) is 2.64. The summed E-state index contributed by atoms with van der Waals surface area (Å²) in [7, 11) is 0. The first-order valence-corrected chi connectivity index (χ1v) is 5.09. The van der Waals surface area contributed by atoms with Crippen LogP contribution in [0.3, 0.4) is 0 Å². The van der Waals surface area contributed by atoms with Crippen LogP contribution in [0.5, 0.6) is 0 Å². The highest BCUT2D eigenvalue weighted by molar-refractivity contribution is 5.93. The molecule has 0 N–H and O–H groups in total. The normalized spacial score (nSPS) is 43.3. The van der Waals surface area contributed by atoms with E-state index < -0.39 is 5.41 Å². The summed E-state index contributed by atoms with van der Waals surface area (Å²) in [6, 6.07) is 0. The third-order valence-electron chi connectivity index (χ3n) is 3.74. The number of hydrogen-bond acceptors (Lipinski definition) is 3. The van der Waals surface area contributed by atoms with E-state index >= 15 is 0 Å². The molecule has 2 fully saturated rings. The van der Waals surface area contributed by atoms with Gasteiger partial charge in [0.05, 0.1) is 5.41 Å². The molecular weight excluding hydrogens is 180 g/mol. The van der Waals surface area contributed by atoms with Crippen LogP contribution in [0.25, 0.3) is 0 Å². The fourth-order valence-corrected chi connectivity index (χ4v) is 2.83. The van der Waals surface area contributed by atoms with Crippen LogP contribution in [0.2, 0.25) is 0 Å². The van der Waals surface area contributed by atoms with Crippen molar-refractivity contribution in [3.05, 3.63) is 0 Å². The number of ketones is 1. The highest BCUT2D eigenvalue weighted by Crippen LogP contribution is 2.62. The molecule has 0 aromatic heterocycles. The van der Waals surface area contributed by atoms with Gasteiger partial charge in [-0.25, -0.2) is 0 Å². The Balaban J connectivity index is 2.22. The van der Waals surface area contributed by atoms with Gasteiger partial charge < -0.3 is 4.74 Å². The van der Waals surface area contributed by atoms with Crippen molar-refractivity contribution in [3.8, 4) is 0 Å². The van der Waals surface area contributed by atoms with E-state index in [9.17, 15) is 9.59 Å². The molecule has 0 radical (unpaired) electrons. The second-order valence-corrected chi connectivity index (χ2v) is 5.08. The molecule has 78 valence electrons. The molecule has 3 heteroatoms. The number of hydrogen-bond donors (Lipinski definition) is 0. The standard InChI is InChI=1S/C11H16O3/c1-5-7-8(5)10(14-6(2)12)11(3,4)9(7)13/h5,7-8,10H,1-4H3/t5-,7-,8+,10-/m0/s1. The maximum Gasteiger partial charge on any atom is 0.302 e. The third kappa shape index (κ3) is 1.04. The first kappa shape index (κ1) is 9.69. The van der Waals surface area contributed by atoms with E-state index in [-0.39, 0.29) is 29.7 Å². The van der Waals surface area contributed by atoms with Crippen molar-refractivity contribution in [3.63, 3.8) is 0 Å². The first-order valence-electron chi connectivity index (χ1n) is 5.09. The third-order valence-corrected chi connectivity index (χ3v) is 3.74. The van der Waals surface area contributed by atoms with E-state index in [1.165, 1.54) is 6.92 Å². The van der Waals surface area contributed by atoms with Crippen LogP contribution in [0.4, 0.5) is 0 Å². The van der Waals surface area contributed by atoms with E-state index in [0.29, 0.717) is 5.92 Å². The Morgan fingerprint density at radius 2 is 2.00 bits per heavy atom. The SMILES string of the molecule is CC(=O)O[C@H]1[C@@H]2[C@@H](C)[C@@H]2C(=O)C1(C)C. The molecule has 0 bridgehead atoms. The maximum atomic E-state index is 11.9. The topological polar surface area (TPSA) is 43.4 Å². The number of carbonyl (C=O) groups excluding carboxylic acids is 2. The maximum absolute atomic E-state index is 11.9. The molecule has 2 rings (SSSR count). The van der Waals surface area contributed by atoms with Crippen molar-refractivity contribution in [2.45, 2.75) is 33.8 Å². The second kappa shape index (κ2) is 2.59. The molecule has 0 aromatic carbocycles. The summed E-state index contributed by atoms with van der Waals surface area (Å²) in [5.74, 6) is 0.813. The molecule has 2 saturated carbocycles. The minimum atomic E-state index is -0.479. The molecule has 0 heterocycles. The van der Waals surface area contributed by atoms with Gasteiger partial charge in [0.1, 0.15) is 11.9 Å². The Hall–Kier alpha value is -0.860. The summed E-state index contributed by atoms with van der Waals surface area (Å²) < 4.78 is 5.26.